The van der Waals surface area contributed by atoms with E-state index in [1.807, 2.05) is 23.1 Å². The molecule has 1 N–H and O–H groups in total. The van der Waals surface area contributed by atoms with Crippen molar-refractivity contribution in [2.24, 2.45) is 0 Å². The highest BCUT2D eigenvalue weighted by molar-refractivity contribution is 5.92. The number of nitrogens with one attached hydrogen (secondary N) is 1. The van der Waals surface area contributed by atoms with Gasteiger partial charge in [-0.1, -0.05) is 24.3 Å². The van der Waals surface area contributed by atoms with Gasteiger partial charge >= 0.3 is 6.61 Å². The molecule has 1 heterocycles. The summed E-state index contributed by atoms with van der Waals surface area (Å²) in [5, 5.41) is 2.68. The maximum absolute atomic E-state index is 12.4. The van der Waals surface area contributed by atoms with Crippen LogP contribution in [-0.2, 0) is 9.59 Å². The molecule has 2 aromatic rings. The number of carbonyl (C=O) groups is 2. The third-order valence-electron chi connectivity index (χ3n) is 5.22. The Balaban J connectivity index is 1.40. The van der Waals surface area contributed by atoms with E-state index in [-0.39, 0.29) is 36.3 Å². The maximum Gasteiger partial charge on any atom is 0.387 e. The molecule has 3 rings (SSSR count). The summed E-state index contributed by atoms with van der Waals surface area (Å²) >= 11 is 0. The number of anilines is 1. The molecule has 1 aliphatic heterocycles. The van der Waals surface area contributed by atoms with Crippen molar-refractivity contribution in [3.63, 3.8) is 0 Å². The molecule has 0 unspecified atom stereocenters. The van der Waals surface area contributed by atoms with Crippen LogP contribution < -0.4 is 19.7 Å². The lowest BCUT2D eigenvalue weighted by molar-refractivity contribution is -0.131. The molecule has 0 radical (unpaired) electrons. The number of amides is 2. The minimum atomic E-state index is -2.96. The summed E-state index contributed by atoms with van der Waals surface area (Å²) in [5.41, 5.74) is 1.73. The topological polar surface area (TPSA) is 71.1 Å². The lowest BCUT2D eigenvalue weighted by Crippen LogP contribution is -2.49. The second-order valence-corrected chi connectivity index (χ2v) is 7.37. The standard InChI is InChI=1S/C24H27F2N3O4/c1-32-21-17-18(7-9-20(21)33-24(25)26)8-10-22(30)27-12-11-23(31)29-15-13-28(14-16-29)19-5-3-2-4-6-19/h2-10,17,24H,11-16H2,1H3,(H,27,30)/b10-8+. The quantitative estimate of drug-likeness (QED) is 0.584. The molecular weight excluding hydrogens is 432 g/mol. The van der Waals surface area contributed by atoms with Gasteiger partial charge in [-0.15, -0.1) is 0 Å². The van der Waals surface area contributed by atoms with Crippen molar-refractivity contribution in [1.29, 1.82) is 0 Å². The number of methoxy groups -OCH3 is 1. The zero-order valence-corrected chi connectivity index (χ0v) is 18.4. The molecule has 2 aromatic carbocycles. The normalized spacial score (nSPS) is 13.9. The lowest BCUT2D eigenvalue weighted by Gasteiger charge is -2.36. The van der Waals surface area contributed by atoms with Crippen LogP contribution in [0.4, 0.5) is 14.5 Å². The number of benzene rings is 2. The van der Waals surface area contributed by atoms with E-state index in [1.54, 1.807) is 0 Å². The highest BCUT2D eigenvalue weighted by Crippen LogP contribution is 2.29. The van der Waals surface area contributed by atoms with Crippen molar-refractivity contribution in [2.45, 2.75) is 13.0 Å². The average molecular weight is 459 g/mol. The Kier molecular flexibility index (Phi) is 8.63. The summed E-state index contributed by atoms with van der Waals surface area (Å²) in [7, 11) is 1.34. The molecule has 0 spiro atoms. The number of ether oxygens (including phenoxy) is 2. The smallest absolute Gasteiger partial charge is 0.387 e. The van der Waals surface area contributed by atoms with Gasteiger partial charge in [0.25, 0.3) is 0 Å². The van der Waals surface area contributed by atoms with Crippen LogP contribution in [0.5, 0.6) is 11.5 Å². The van der Waals surface area contributed by atoms with E-state index in [4.69, 9.17) is 4.74 Å². The van der Waals surface area contributed by atoms with E-state index in [0.717, 1.165) is 18.8 Å². The van der Waals surface area contributed by atoms with Crippen molar-refractivity contribution < 1.29 is 27.8 Å². The van der Waals surface area contributed by atoms with Crippen molar-refractivity contribution >= 4 is 23.6 Å². The number of halogens is 2. The largest absolute Gasteiger partial charge is 0.493 e. The van der Waals surface area contributed by atoms with Crippen LogP contribution in [0.1, 0.15) is 12.0 Å². The number of rotatable bonds is 9. The lowest BCUT2D eigenvalue weighted by atomic mass is 10.2. The molecule has 7 nitrogen and oxygen atoms in total. The Morgan fingerprint density at radius 2 is 1.79 bits per heavy atom. The van der Waals surface area contributed by atoms with Crippen LogP contribution in [0.15, 0.2) is 54.6 Å². The van der Waals surface area contributed by atoms with Crippen LogP contribution >= 0.6 is 0 Å². The molecule has 176 valence electrons. The Morgan fingerprint density at radius 3 is 2.45 bits per heavy atom. The van der Waals surface area contributed by atoms with Crippen LogP contribution in [0.25, 0.3) is 6.08 Å². The van der Waals surface area contributed by atoms with Gasteiger partial charge < -0.3 is 24.6 Å². The molecule has 0 saturated carbocycles. The first-order valence-electron chi connectivity index (χ1n) is 10.6. The molecule has 1 fully saturated rings. The number of hydrogen-bond donors (Lipinski definition) is 1. The predicted octanol–water partition coefficient (Wildman–Crippen LogP) is 3.16. The van der Waals surface area contributed by atoms with Gasteiger partial charge in [0, 0.05) is 50.9 Å². The molecule has 0 atom stereocenters. The number of hydrogen-bond acceptors (Lipinski definition) is 5. The second-order valence-electron chi connectivity index (χ2n) is 7.37. The third-order valence-corrected chi connectivity index (χ3v) is 5.22. The van der Waals surface area contributed by atoms with Gasteiger partial charge in [0.2, 0.25) is 11.8 Å². The van der Waals surface area contributed by atoms with Gasteiger partial charge in [-0.2, -0.15) is 8.78 Å². The third kappa shape index (κ3) is 7.20. The number of para-hydroxylation sites is 1. The maximum atomic E-state index is 12.4. The van der Waals surface area contributed by atoms with Crippen molar-refractivity contribution in [3.8, 4) is 11.5 Å². The van der Waals surface area contributed by atoms with Crippen LogP contribution in [-0.4, -0.2) is 63.2 Å². The first-order valence-corrected chi connectivity index (χ1v) is 10.6. The summed E-state index contributed by atoms with van der Waals surface area (Å²) in [6.07, 6.45) is 3.05. The number of piperazine rings is 1. The van der Waals surface area contributed by atoms with E-state index < -0.39 is 6.61 Å². The van der Waals surface area contributed by atoms with E-state index >= 15 is 0 Å². The molecule has 1 saturated heterocycles. The summed E-state index contributed by atoms with van der Waals surface area (Å²) in [6, 6.07) is 14.5. The van der Waals surface area contributed by atoms with Gasteiger partial charge in [-0.25, -0.2) is 0 Å². The minimum Gasteiger partial charge on any atom is -0.493 e. The summed E-state index contributed by atoms with van der Waals surface area (Å²) in [4.78, 5) is 28.6. The SMILES string of the molecule is COc1cc(/C=C/C(=O)NCCC(=O)N2CCN(c3ccccc3)CC2)ccc1OC(F)F. The number of nitrogens with zero attached hydrogens (tertiary/aromatic N) is 2. The van der Waals surface area contributed by atoms with Crippen molar-refractivity contribution in [2.75, 3.05) is 44.7 Å². The van der Waals surface area contributed by atoms with E-state index in [1.165, 1.54) is 37.5 Å². The zero-order chi connectivity index (χ0) is 23.6. The van der Waals surface area contributed by atoms with Crippen LogP contribution in [0.2, 0.25) is 0 Å². The Hall–Kier alpha value is -3.62. The van der Waals surface area contributed by atoms with Gasteiger partial charge in [0.05, 0.1) is 7.11 Å². The van der Waals surface area contributed by atoms with E-state index in [9.17, 15) is 18.4 Å². The molecule has 9 heteroatoms. The van der Waals surface area contributed by atoms with Gasteiger partial charge in [-0.3, -0.25) is 9.59 Å². The molecule has 0 bridgehead atoms. The molecule has 33 heavy (non-hydrogen) atoms. The fraction of sp³-hybridized carbons (Fsp3) is 0.333. The van der Waals surface area contributed by atoms with Crippen LogP contribution in [0, 0.1) is 0 Å². The summed E-state index contributed by atoms with van der Waals surface area (Å²) < 4.78 is 34.2. The fourth-order valence-corrected chi connectivity index (χ4v) is 3.52. The van der Waals surface area contributed by atoms with Crippen molar-refractivity contribution in [1.82, 2.24) is 10.2 Å². The Morgan fingerprint density at radius 1 is 1.06 bits per heavy atom. The second kappa shape index (κ2) is 11.8. The van der Waals surface area contributed by atoms with Gasteiger partial charge in [0.15, 0.2) is 11.5 Å². The Labute approximate surface area is 191 Å². The molecule has 0 aromatic heterocycles. The highest BCUT2D eigenvalue weighted by Gasteiger charge is 2.20. The number of carbonyl (C=O) groups excluding carboxylic acids is 2. The monoisotopic (exact) mass is 459 g/mol. The number of alkyl halides is 2. The van der Waals surface area contributed by atoms with Gasteiger partial charge in [-0.05, 0) is 35.9 Å². The first kappa shape index (κ1) is 24.0. The van der Waals surface area contributed by atoms with Crippen molar-refractivity contribution in [3.05, 3.63) is 60.2 Å². The summed E-state index contributed by atoms with van der Waals surface area (Å²) in [5.74, 6) is -0.303. The minimum absolute atomic E-state index is 0.00588. The molecule has 1 aliphatic rings. The van der Waals surface area contributed by atoms with Crippen LogP contribution in [0.3, 0.4) is 0 Å². The Bertz CT molecular complexity index is 961. The molecule has 2 amide bonds. The predicted molar refractivity (Wildman–Crippen MR) is 122 cm³/mol. The zero-order valence-electron chi connectivity index (χ0n) is 18.4. The first-order chi connectivity index (χ1) is 16.0. The summed E-state index contributed by atoms with van der Waals surface area (Å²) in [6.45, 7) is 0.112. The van der Waals surface area contributed by atoms with E-state index in [2.05, 4.69) is 27.1 Å². The fourth-order valence-electron chi connectivity index (χ4n) is 3.52. The van der Waals surface area contributed by atoms with E-state index in [0.29, 0.717) is 18.7 Å². The molecular formula is C24H27F2N3O4. The highest BCUT2D eigenvalue weighted by atomic mass is 19.3. The molecule has 0 aliphatic carbocycles. The average Bonchev–Trinajstić information content (AvgIpc) is 2.83. The van der Waals surface area contributed by atoms with Gasteiger partial charge in [0.1, 0.15) is 0 Å².